The molecule has 0 unspecified atom stereocenters. The third kappa shape index (κ3) is 3.34. The molecule has 0 aliphatic heterocycles. The molecule has 0 fully saturated rings. The minimum absolute atomic E-state index is 0.0624. The average Bonchev–Trinajstić information content (AvgIpc) is 2.48. The molecule has 0 saturated carbocycles. The Kier molecular flexibility index (Phi) is 4.48. The number of rotatable bonds is 4. The Hall–Kier alpha value is -2.49. The summed E-state index contributed by atoms with van der Waals surface area (Å²) in [6, 6.07) is 13.1. The lowest BCUT2D eigenvalue weighted by Crippen LogP contribution is -2.26. The number of anilines is 1. The number of amides is 1. The number of carbonyl (C=O) groups is 1. The van der Waals surface area contributed by atoms with Gasteiger partial charge in [0.25, 0.3) is 5.91 Å². The highest BCUT2D eigenvalue weighted by Crippen LogP contribution is 2.23. The number of nitrogens with zero attached hydrogens (tertiary/aromatic N) is 1. The Balaban J connectivity index is 2.16. The van der Waals surface area contributed by atoms with Gasteiger partial charge in [-0.3, -0.25) is 4.79 Å². The van der Waals surface area contributed by atoms with Crippen LogP contribution in [0.15, 0.2) is 42.5 Å². The molecule has 0 bridgehead atoms. The molecule has 0 aromatic heterocycles. The summed E-state index contributed by atoms with van der Waals surface area (Å²) in [5.74, 6) is 0.515. The van der Waals surface area contributed by atoms with E-state index in [1.54, 1.807) is 37.3 Å². The smallest absolute Gasteiger partial charge is 0.253 e. The van der Waals surface area contributed by atoms with Crippen LogP contribution in [0.1, 0.15) is 21.5 Å². The first-order valence-corrected chi connectivity index (χ1v) is 6.76. The predicted molar refractivity (Wildman–Crippen MR) is 84.4 cm³/mol. The van der Waals surface area contributed by atoms with Crippen LogP contribution >= 0.6 is 0 Å². The van der Waals surface area contributed by atoms with Gasteiger partial charge in [-0.25, -0.2) is 0 Å². The summed E-state index contributed by atoms with van der Waals surface area (Å²) in [4.78, 5) is 14.1. The molecule has 0 aliphatic rings. The van der Waals surface area contributed by atoms with E-state index in [1.807, 2.05) is 31.2 Å². The number of nitrogens with two attached hydrogens (primary N) is 1. The Morgan fingerprint density at radius 1 is 1.24 bits per heavy atom. The van der Waals surface area contributed by atoms with Crippen molar-refractivity contribution in [2.24, 2.45) is 0 Å². The fraction of sp³-hybridized carbons (Fsp3) is 0.235. The van der Waals surface area contributed by atoms with Gasteiger partial charge in [-0.05, 0) is 36.2 Å². The van der Waals surface area contributed by atoms with Crippen LogP contribution in [0.5, 0.6) is 5.75 Å². The van der Waals surface area contributed by atoms with Gasteiger partial charge in [-0.2, -0.15) is 0 Å². The van der Waals surface area contributed by atoms with E-state index in [4.69, 9.17) is 10.5 Å². The van der Waals surface area contributed by atoms with Gasteiger partial charge >= 0.3 is 0 Å². The second kappa shape index (κ2) is 6.31. The quantitative estimate of drug-likeness (QED) is 0.878. The molecule has 21 heavy (non-hydrogen) atoms. The molecule has 0 saturated heterocycles. The number of benzene rings is 2. The highest BCUT2D eigenvalue weighted by atomic mass is 16.5. The number of nitrogen functional groups attached to an aromatic ring is 1. The van der Waals surface area contributed by atoms with E-state index in [-0.39, 0.29) is 5.91 Å². The molecule has 0 aliphatic carbocycles. The van der Waals surface area contributed by atoms with E-state index in [0.29, 0.717) is 23.5 Å². The normalized spacial score (nSPS) is 10.2. The van der Waals surface area contributed by atoms with Crippen LogP contribution in [0.4, 0.5) is 5.69 Å². The number of hydrogen-bond acceptors (Lipinski definition) is 3. The SMILES string of the molecule is COc1ccc(C(=O)N(C)Cc2ccccc2C)cc1N. The molecule has 0 heterocycles. The van der Waals surface area contributed by atoms with Crippen molar-refractivity contribution in [1.29, 1.82) is 0 Å². The van der Waals surface area contributed by atoms with E-state index in [9.17, 15) is 4.79 Å². The van der Waals surface area contributed by atoms with E-state index in [0.717, 1.165) is 5.56 Å². The van der Waals surface area contributed by atoms with Gasteiger partial charge in [0, 0.05) is 19.2 Å². The van der Waals surface area contributed by atoms with Crippen LogP contribution in [-0.4, -0.2) is 25.0 Å². The number of methoxy groups -OCH3 is 1. The third-order valence-corrected chi connectivity index (χ3v) is 3.49. The fourth-order valence-electron chi connectivity index (χ4n) is 2.20. The van der Waals surface area contributed by atoms with E-state index >= 15 is 0 Å². The highest BCUT2D eigenvalue weighted by molar-refractivity contribution is 5.95. The van der Waals surface area contributed by atoms with Crippen molar-refractivity contribution >= 4 is 11.6 Å². The van der Waals surface area contributed by atoms with Crippen LogP contribution < -0.4 is 10.5 Å². The van der Waals surface area contributed by atoms with Crippen molar-refractivity contribution in [3.05, 3.63) is 59.2 Å². The minimum Gasteiger partial charge on any atom is -0.495 e. The number of aryl methyl sites for hydroxylation is 1. The molecule has 4 nitrogen and oxygen atoms in total. The summed E-state index contributed by atoms with van der Waals surface area (Å²) in [6.45, 7) is 2.61. The summed E-state index contributed by atoms with van der Waals surface area (Å²) < 4.78 is 5.10. The van der Waals surface area contributed by atoms with Crippen LogP contribution in [0.25, 0.3) is 0 Å². The summed E-state index contributed by atoms with van der Waals surface area (Å²) in [5.41, 5.74) is 9.18. The average molecular weight is 284 g/mol. The summed E-state index contributed by atoms with van der Waals surface area (Å²) in [5, 5.41) is 0. The molecule has 2 aromatic rings. The second-order valence-corrected chi connectivity index (χ2v) is 5.04. The van der Waals surface area contributed by atoms with E-state index in [1.165, 1.54) is 5.56 Å². The lowest BCUT2D eigenvalue weighted by Gasteiger charge is -2.19. The monoisotopic (exact) mass is 284 g/mol. The Bertz CT molecular complexity index is 653. The van der Waals surface area contributed by atoms with Gasteiger partial charge in [0.05, 0.1) is 12.8 Å². The molecular formula is C17H20N2O2. The number of carbonyl (C=O) groups excluding carboxylic acids is 1. The highest BCUT2D eigenvalue weighted by Gasteiger charge is 2.14. The van der Waals surface area contributed by atoms with Gasteiger partial charge in [0.15, 0.2) is 0 Å². The van der Waals surface area contributed by atoms with E-state index < -0.39 is 0 Å². The van der Waals surface area contributed by atoms with Crippen molar-refractivity contribution in [3.63, 3.8) is 0 Å². The maximum atomic E-state index is 12.4. The molecule has 0 atom stereocenters. The Morgan fingerprint density at radius 3 is 2.57 bits per heavy atom. The zero-order chi connectivity index (χ0) is 15.4. The zero-order valence-corrected chi connectivity index (χ0v) is 12.6. The first-order chi connectivity index (χ1) is 10.0. The largest absolute Gasteiger partial charge is 0.495 e. The predicted octanol–water partition coefficient (Wildman–Crippen LogP) is 2.86. The van der Waals surface area contributed by atoms with E-state index in [2.05, 4.69) is 0 Å². The maximum absolute atomic E-state index is 12.4. The Morgan fingerprint density at radius 2 is 1.95 bits per heavy atom. The van der Waals surface area contributed by atoms with Crippen LogP contribution in [-0.2, 0) is 6.54 Å². The van der Waals surface area contributed by atoms with Gasteiger partial charge in [-0.1, -0.05) is 24.3 Å². The summed E-state index contributed by atoms with van der Waals surface area (Å²) in [7, 11) is 3.34. The number of hydrogen-bond donors (Lipinski definition) is 1. The van der Waals surface area contributed by atoms with Crippen LogP contribution in [0, 0.1) is 6.92 Å². The lowest BCUT2D eigenvalue weighted by atomic mass is 10.1. The maximum Gasteiger partial charge on any atom is 0.253 e. The van der Waals surface area contributed by atoms with Gasteiger partial charge in [-0.15, -0.1) is 0 Å². The molecule has 110 valence electrons. The summed E-state index contributed by atoms with van der Waals surface area (Å²) in [6.07, 6.45) is 0. The van der Waals surface area contributed by atoms with Crippen molar-refractivity contribution in [1.82, 2.24) is 4.90 Å². The lowest BCUT2D eigenvalue weighted by molar-refractivity contribution is 0.0785. The topological polar surface area (TPSA) is 55.6 Å². The zero-order valence-electron chi connectivity index (χ0n) is 12.6. The second-order valence-electron chi connectivity index (χ2n) is 5.04. The molecule has 0 radical (unpaired) electrons. The minimum atomic E-state index is -0.0624. The third-order valence-electron chi connectivity index (χ3n) is 3.49. The fourth-order valence-corrected chi connectivity index (χ4v) is 2.20. The molecular weight excluding hydrogens is 264 g/mol. The van der Waals surface area contributed by atoms with Gasteiger partial charge in [0.2, 0.25) is 0 Å². The molecule has 0 spiro atoms. The Labute approximate surface area is 125 Å². The van der Waals surface area contributed by atoms with Gasteiger partial charge in [0.1, 0.15) is 5.75 Å². The van der Waals surface area contributed by atoms with Crippen molar-refractivity contribution < 1.29 is 9.53 Å². The molecule has 1 amide bonds. The number of ether oxygens (including phenoxy) is 1. The molecule has 2 N–H and O–H groups in total. The van der Waals surface area contributed by atoms with Crippen LogP contribution in [0.3, 0.4) is 0 Å². The summed E-state index contributed by atoms with van der Waals surface area (Å²) >= 11 is 0. The molecule has 4 heteroatoms. The van der Waals surface area contributed by atoms with Crippen LogP contribution in [0.2, 0.25) is 0 Å². The molecule has 2 aromatic carbocycles. The first kappa shape index (κ1) is 14.9. The van der Waals surface area contributed by atoms with Crippen molar-refractivity contribution in [2.45, 2.75) is 13.5 Å². The van der Waals surface area contributed by atoms with Gasteiger partial charge < -0.3 is 15.4 Å². The first-order valence-electron chi connectivity index (χ1n) is 6.76. The standard InChI is InChI=1S/C17H20N2O2/c1-12-6-4-5-7-14(12)11-19(2)17(20)13-8-9-16(21-3)15(18)10-13/h4-10H,11,18H2,1-3H3. The van der Waals surface area contributed by atoms with Crippen molar-refractivity contribution in [2.75, 3.05) is 19.9 Å². The molecule has 2 rings (SSSR count). The van der Waals surface area contributed by atoms with Crippen molar-refractivity contribution in [3.8, 4) is 5.75 Å².